The van der Waals surface area contributed by atoms with Crippen molar-refractivity contribution in [3.8, 4) is 0 Å². The molecule has 1 aromatic rings. The van der Waals surface area contributed by atoms with E-state index in [1.54, 1.807) is 24.1 Å². The third kappa shape index (κ3) is 3.54. The normalized spacial score (nSPS) is 17.3. The number of rotatable bonds is 6. The highest BCUT2D eigenvalue weighted by atomic mass is 16.6. The number of carbonyl (C=O) groups is 1. The van der Waals surface area contributed by atoms with Gasteiger partial charge in [-0.1, -0.05) is 0 Å². The van der Waals surface area contributed by atoms with Crippen molar-refractivity contribution in [1.82, 2.24) is 4.90 Å². The van der Waals surface area contributed by atoms with Gasteiger partial charge in [-0.05, 0) is 25.5 Å². The quantitative estimate of drug-likeness (QED) is 0.643. The van der Waals surface area contributed by atoms with Crippen molar-refractivity contribution in [3.63, 3.8) is 0 Å². The van der Waals surface area contributed by atoms with Crippen LogP contribution in [0.25, 0.3) is 0 Å². The van der Waals surface area contributed by atoms with E-state index in [9.17, 15) is 14.9 Å². The molecule has 0 aromatic heterocycles. The molecule has 1 heterocycles. The minimum Gasteiger partial charge on any atom is -0.383 e. The van der Waals surface area contributed by atoms with Gasteiger partial charge in [0.15, 0.2) is 0 Å². The van der Waals surface area contributed by atoms with Gasteiger partial charge in [0.05, 0.1) is 11.5 Å². The standard InChI is InChI=1S/C15H21N3O4/c1-3-17(9-11-6-7-22-10-11)15(19)12-4-5-13(16-2)14(8-12)18(20)21/h4-5,8,11,16H,3,6-7,9-10H2,1-2H3/t11-/m0/s1. The molecule has 1 aliphatic rings. The van der Waals surface area contributed by atoms with Gasteiger partial charge in [0.2, 0.25) is 0 Å². The Morgan fingerprint density at radius 3 is 2.86 bits per heavy atom. The SMILES string of the molecule is CCN(C[C@@H]1CCOC1)C(=O)c1ccc(NC)c([N+](=O)[O-])c1. The van der Waals surface area contributed by atoms with Crippen molar-refractivity contribution in [2.75, 3.05) is 38.7 Å². The Morgan fingerprint density at radius 1 is 1.55 bits per heavy atom. The lowest BCUT2D eigenvalue weighted by Gasteiger charge is -2.23. The number of hydrogen-bond donors (Lipinski definition) is 1. The first kappa shape index (κ1) is 16.2. The van der Waals surface area contributed by atoms with E-state index in [1.165, 1.54) is 6.07 Å². The zero-order valence-corrected chi connectivity index (χ0v) is 12.9. The summed E-state index contributed by atoms with van der Waals surface area (Å²) in [4.78, 5) is 24.9. The van der Waals surface area contributed by atoms with Crippen molar-refractivity contribution >= 4 is 17.3 Å². The molecule has 7 nitrogen and oxygen atoms in total. The second-order valence-corrected chi connectivity index (χ2v) is 5.31. The number of carbonyl (C=O) groups excluding carboxylic acids is 1. The van der Waals surface area contributed by atoms with E-state index in [2.05, 4.69) is 5.32 Å². The van der Waals surface area contributed by atoms with Crippen LogP contribution in [-0.4, -0.2) is 49.1 Å². The molecule has 0 radical (unpaired) electrons. The Balaban J connectivity index is 2.19. The maximum absolute atomic E-state index is 12.6. The number of hydrogen-bond acceptors (Lipinski definition) is 5. The summed E-state index contributed by atoms with van der Waals surface area (Å²) in [6, 6.07) is 4.52. The minimum atomic E-state index is -0.482. The molecular weight excluding hydrogens is 286 g/mol. The summed E-state index contributed by atoms with van der Waals surface area (Å²) in [5.41, 5.74) is 0.647. The number of nitro benzene ring substituents is 1. The highest BCUT2D eigenvalue weighted by Crippen LogP contribution is 2.26. The predicted molar refractivity (Wildman–Crippen MR) is 83.1 cm³/mol. The van der Waals surface area contributed by atoms with Gasteiger partial charge < -0.3 is 15.0 Å². The van der Waals surface area contributed by atoms with Gasteiger partial charge in [0, 0.05) is 44.3 Å². The molecule has 1 fully saturated rings. The van der Waals surface area contributed by atoms with E-state index in [0.29, 0.717) is 36.9 Å². The predicted octanol–water partition coefficient (Wildman–Crippen LogP) is 2.14. The highest BCUT2D eigenvalue weighted by molar-refractivity contribution is 5.95. The van der Waals surface area contributed by atoms with Crippen molar-refractivity contribution in [3.05, 3.63) is 33.9 Å². The Labute approximate surface area is 129 Å². The monoisotopic (exact) mass is 307 g/mol. The molecule has 1 amide bonds. The first-order valence-electron chi connectivity index (χ1n) is 7.40. The van der Waals surface area contributed by atoms with Crippen molar-refractivity contribution in [2.24, 2.45) is 5.92 Å². The molecule has 0 bridgehead atoms. The molecule has 2 rings (SSSR count). The molecule has 7 heteroatoms. The first-order valence-corrected chi connectivity index (χ1v) is 7.40. The van der Waals surface area contributed by atoms with Crippen LogP contribution in [0.1, 0.15) is 23.7 Å². The van der Waals surface area contributed by atoms with Crippen LogP contribution in [0.3, 0.4) is 0 Å². The van der Waals surface area contributed by atoms with Gasteiger partial charge in [-0.25, -0.2) is 0 Å². The lowest BCUT2D eigenvalue weighted by molar-refractivity contribution is -0.384. The van der Waals surface area contributed by atoms with Crippen LogP contribution in [0.2, 0.25) is 0 Å². The zero-order chi connectivity index (χ0) is 16.1. The molecule has 1 aliphatic heterocycles. The van der Waals surface area contributed by atoms with E-state index in [0.717, 1.165) is 13.0 Å². The summed E-state index contributed by atoms with van der Waals surface area (Å²) in [6.07, 6.45) is 0.947. The Kier molecular flexibility index (Phi) is 5.32. The summed E-state index contributed by atoms with van der Waals surface area (Å²) < 4.78 is 5.33. The lowest BCUT2D eigenvalue weighted by atomic mass is 10.1. The van der Waals surface area contributed by atoms with E-state index < -0.39 is 4.92 Å². The van der Waals surface area contributed by atoms with Gasteiger partial charge in [0.25, 0.3) is 11.6 Å². The average Bonchev–Trinajstić information content (AvgIpc) is 3.04. The summed E-state index contributed by atoms with van der Waals surface area (Å²) >= 11 is 0. The number of amides is 1. The number of benzene rings is 1. The number of nitrogens with zero attached hydrogens (tertiary/aromatic N) is 2. The van der Waals surface area contributed by atoms with Gasteiger partial charge in [-0.2, -0.15) is 0 Å². The van der Waals surface area contributed by atoms with Crippen LogP contribution >= 0.6 is 0 Å². The van der Waals surface area contributed by atoms with Crippen LogP contribution < -0.4 is 5.32 Å². The fourth-order valence-corrected chi connectivity index (χ4v) is 2.60. The van der Waals surface area contributed by atoms with Crippen LogP contribution in [0, 0.1) is 16.0 Å². The number of ether oxygens (including phenoxy) is 1. The highest BCUT2D eigenvalue weighted by Gasteiger charge is 2.24. The fraction of sp³-hybridized carbons (Fsp3) is 0.533. The molecule has 120 valence electrons. The third-order valence-electron chi connectivity index (χ3n) is 3.88. The molecular formula is C15H21N3O4. The Morgan fingerprint density at radius 2 is 2.32 bits per heavy atom. The smallest absolute Gasteiger partial charge is 0.293 e. The first-order chi connectivity index (χ1) is 10.6. The summed E-state index contributed by atoms with van der Waals surface area (Å²) in [5.74, 6) is 0.163. The largest absolute Gasteiger partial charge is 0.383 e. The molecule has 1 atom stereocenters. The number of nitro groups is 1. The molecule has 1 aromatic carbocycles. The molecule has 0 aliphatic carbocycles. The van der Waals surface area contributed by atoms with E-state index >= 15 is 0 Å². The average molecular weight is 307 g/mol. The maximum Gasteiger partial charge on any atom is 0.293 e. The van der Waals surface area contributed by atoms with Gasteiger partial charge in [-0.15, -0.1) is 0 Å². The van der Waals surface area contributed by atoms with Crippen molar-refractivity contribution in [1.29, 1.82) is 0 Å². The topological polar surface area (TPSA) is 84.7 Å². The molecule has 0 spiro atoms. The molecule has 1 saturated heterocycles. The third-order valence-corrected chi connectivity index (χ3v) is 3.88. The number of anilines is 1. The van der Waals surface area contributed by atoms with Crippen LogP contribution in [0.5, 0.6) is 0 Å². The van der Waals surface area contributed by atoms with E-state index in [-0.39, 0.29) is 11.6 Å². The van der Waals surface area contributed by atoms with Gasteiger partial charge >= 0.3 is 0 Å². The maximum atomic E-state index is 12.6. The van der Waals surface area contributed by atoms with Crippen molar-refractivity contribution in [2.45, 2.75) is 13.3 Å². The summed E-state index contributed by atoms with van der Waals surface area (Å²) in [7, 11) is 1.61. The second-order valence-electron chi connectivity index (χ2n) is 5.31. The van der Waals surface area contributed by atoms with Gasteiger partial charge in [-0.3, -0.25) is 14.9 Å². The van der Waals surface area contributed by atoms with Crippen LogP contribution in [0.15, 0.2) is 18.2 Å². The molecule has 0 unspecified atom stereocenters. The summed E-state index contributed by atoms with van der Waals surface area (Å²) in [6.45, 7) is 4.50. The van der Waals surface area contributed by atoms with Crippen LogP contribution in [-0.2, 0) is 4.74 Å². The fourth-order valence-electron chi connectivity index (χ4n) is 2.60. The minimum absolute atomic E-state index is 0.0893. The molecule has 22 heavy (non-hydrogen) atoms. The van der Waals surface area contributed by atoms with Crippen molar-refractivity contribution < 1.29 is 14.5 Å². The lowest BCUT2D eigenvalue weighted by Crippen LogP contribution is -2.35. The number of nitrogens with one attached hydrogen (secondary N) is 1. The molecule has 0 saturated carbocycles. The van der Waals surface area contributed by atoms with E-state index in [1.807, 2.05) is 6.92 Å². The Bertz CT molecular complexity index is 556. The van der Waals surface area contributed by atoms with E-state index in [4.69, 9.17) is 4.74 Å². The Hall–Kier alpha value is -2.15. The molecule has 1 N–H and O–H groups in total. The van der Waals surface area contributed by atoms with Crippen LogP contribution in [0.4, 0.5) is 11.4 Å². The van der Waals surface area contributed by atoms with Gasteiger partial charge in [0.1, 0.15) is 5.69 Å². The second kappa shape index (κ2) is 7.22. The zero-order valence-electron chi connectivity index (χ0n) is 12.9. The summed E-state index contributed by atoms with van der Waals surface area (Å²) in [5, 5.41) is 13.9.